The van der Waals surface area contributed by atoms with Gasteiger partial charge in [0.05, 0.1) is 11.8 Å². The fourth-order valence-electron chi connectivity index (χ4n) is 1.31. The Kier molecular flexibility index (Phi) is 2.82. The lowest BCUT2D eigenvalue weighted by molar-refractivity contribution is 0.121. The summed E-state index contributed by atoms with van der Waals surface area (Å²) in [5, 5.41) is 12.3. The van der Waals surface area contributed by atoms with Crippen LogP contribution in [0.4, 0.5) is 13.9 Å². The predicted molar refractivity (Wildman–Crippen MR) is 56.3 cm³/mol. The molecule has 0 radical (unpaired) electrons. The van der Waals surface area contributed by atoms with Crippen LogP contribution in [0.2, 0.25) is 0 Å². The highest BCUT2D eigenvalue weighted by atomic mass is 32.1. The van der Waals surface area contributed by atoms with Crippen LogP contribution in [0.25, 0.3) is 10.6 Å². The third-order valence-electron chi connectivity index (χ3n) is 2.09. The Bertz CT molecular complexity index is 492. The minimum Gasteiger partial charge on any atom is -0.374 e. The van der Waals surface area contributed by atoms with Gasteiger partial charge in [-0.25, -0.2) is 8.78 Å². The SMILES string of the molecule is Cc1c(-c2nnc(N)s2)cnn1CC(F)F. The number of anilines is 1. The number of halogens is 2. The molecule has 5 nitrogen and oxygen atoms in total. The smallest absolute Gasteiger partial charge is 0.257 e. The Morgan fingerprint density at radius 1 is 1.50 bits per heavy atom. The number of rotatable bonds is 3. The molecule has 2 N–H and O–H groups in total. The maximum atomic E-state index is 12.2. The molecular weight excluding hydrogens is 236 g/mol. The molecule has 0 amide bonds. The van der Waals surface area contributed by atoms with Gasteiger partial charge >= 0.3 is 0 Å². The molecule has 0 aliphatic carbocycles. The fourth-order valence-corrected chi connectivity index (χ4v) is 1.99. The molecule has 0 spiro atoms. The van der Waals surface area contributed by atoms with Gasteiger partial charge in [-0.1, -0.05) is 11.3 Å². The van der Waals surface area contributed by atoms with E-state index >= 15 is 0 Å². The van der Waals surface area contributed by atoms with E-state index in [0.717, 1.165) is 0 Å². The summed E-state index contributed by atoms with van der Waals surface area (Å²) in [6.07, 6.45) is -0.927. The number of hydrogen-bond acceptors (Lipinski definition) is 5. The summed E-state index contributed by atoms with van der Waals surface area (Å²) >= 11 is 1.20. The molecule has 0 unspecified atom stereocenters. The predicted octanol–water partition coefficient (Wildman–Crippen LogP) is 1.56. The van der Waals surface area contributed by atoms with E-state index < -0.39 is 13.0 Å². The number of nitrogen functional groups attached to an aromatic ring is 1. The van der Waals surface area contributed by atoms with Gasteiger partial charge in [0.2, 0.25) is 5.13 Å². The number of nitrogens with two attached hydrogens (primary N) is 1. The van der Waals surface area contributed by atoms with Gasteiger partial charge in [0.1, 0.15) is 6.54 Å². The normalized spacial score (nSPS) is 11.2. The van der Waals surface area contributed by atoms with Crippen molar-refractivity contribution in [1.82, 2.24) is 20.0 Å². The van der Waals surface area contributed by atoms with Crippen molar-refractivity contribution in [1.29, 1.82) is 0 Å². The molecule has 8 heteroatoms. The first kappa shape index (κ1) is 10.9. The minimum absolute atomic E-state index is 0.344. The summed E-state index contributed by atoms with van der Waals surface area (Å²) in [4.78, 5) is 0. The topological polar surface area (TPSA) is 69.6 Å². The van der Waals surface area contributed by atoms with Gasteiger partial charge in [-0.05, 0) is 6.92 Å². The summed E-state index contributed by atoms with van der Waals surface area (Å²) in [6, 6.07) is 0. The third-order valence-corrected chi connectivity index (χ3v) is 2.87. The van der Waals surface area contributed by atoms with Gasteiger partial charge in [-0.15, -0.1) is 10.2 Å². The largest absolute Gasteiger partial charge is 0.374 e. The Morgan fingerprint density at radius 3 is 2.81 bits per heavy atom. The zero-order valence-electron chi connectivity index (χ0n) is 8.39. The van der Waals surface area contributed by atoms with Crippen LogP contribution in [0.5, 0.6) is 0 Å². The van der Waals surface area contributed by atoms with Crippen molar-refractivity contribution in [3.63, 3.8) is 0 Å². The van der Waals surface area contributed by atoms with Crippen molar-refractivity contribution in [2.24, 2.45) is 0 Å². The van der Waals surface area contributed by atoms with Gasteiger partial charge in [0.25, 0.3) is 6.43 Å². The average molecular weight is 245 g/mol. The Labute approximate surface area is 93.9 Å². The first-order valence-corrected chi connectivity index (χ1v) is 5.29. The van der Waals surface area contributed by atoms with Crippen LogP contribution in [0, 0.1) is 6.92 Å². The van der Waals surface area contributed by atoms with E-state index in [1.165, 1.54) is 22.2 Å². The maximum absolute atomic E-state index is 12.2. The Balaban J connectivity index is 2.33. The zero-order chi connectivity index (χ0) is 11.7. The van der Waals surface area contributed by atoms with Crippen LogP contribution in [-0.4, -0.2) is 26.4 Å². The van der Waals surface area contributed by atoms with Crippen LogP contribution in [0.1, 0.15) is 5.69 Å². The lowest BCUT2D eigenvalue weighted by atomic mass is 10.3. The second kappa shape index (κ2) is 4.12. The van der Waals surface area contributed by atoms with E-state index in [4.69, 9.17) is 5.73 Å². The van der Waals surface area contributed by atoms with Crippen molar-refractivity contribution in [2.45, 2.75) is 19.9 Å². The Hall–Kier alpha value is -1.57. The second-order valence-electron chi connectivity index (χ2n) is 3.16. The lowest BCUT2D eigenvalue weighted by Crippen LogP contribution is -2.09. The molecule has 0 bridgehead atoms. The molecule has 0 saturated heterocycles. The Morgan fingerprint density at radius 2 is 2.25 bits per heavy atom. The molecule has 2 aromatic rings. The third kappa shape index (κ3) is 2.01. The minimum atomic E-state index is -2.43. The first-order chi connectivity index (χ1) is 7.58. The van der Waals surface area contributed by atoms with Gasteiger partial charge < -0.3 is 5.73 Å². The summed E-state index contributed by atoms with van der Waals surface area (Å²) < 4.78 is 25.7. The van der Waals surface area contributed by atoms with Crippen LogP contribution < -0.4 is 5.73 Å². The van der Waals surface area contributed by atoms with Crippen molar-refractivity contribution >= 4 is 16.5 Å². The van der Waals surface area contributed by atoms with Crippen LogP contribution in [0.15, 0.2) is 6.20 Å². The van der Waals surface area contributed by atoms with Crippen molar-refractivity contribution < 1.29 is 8.78 Å². The highest BCUT2D eigenvalue weighted by molar-refractivity contribution is 7.18. The molecule has 2 heterocycles. The summed E-state index contributed by atoms with van der Waals surface area (Å²) in [5.41, 5.74) is 6.78. The molecule has 0 aliphatic rings. The summed E-state index contributed by atoms with van der Waals surface area (Å²) in [6.45, 7) is 1.29. The van der Waals surface area contributed by atoms with Crippen molar-refractivity contribution in [2.75, 3.05) is 5.73 Å². The van der Waals surface area contributed by atoms with E-state index in [-0.39, 0.29) is 0 Å². The van der Waals surface area contributed by atoms with E-state index in [1.54, 1.807) is 6.92 Å². The molecule has 16 heavy (non-hydrogen) atoms. The molecular formula is C8H9F2N5S. The number of alkyl halides is 2. The molecule has 0 fully saturated rings. The highest BCUT2D eigenvalue weighted by Crippen LogP contribution is 2.27. The maximum Gasteiger partial charge on any atom is 0.257 e. The molecule has 0 aliphatic heterocycles. The summed E-state index contributed by atoms with van der Waals surface area (Å²) in [5.74, 6) is 0. The monoisotopic (exact) mass is 245 g/mol. The second-order valence-corrected chi connectivity index (χ2v) is 4.17. The van der Waals surface area contributed by atoms with Crippen molar-refractivity contribution in [3.05, 3.63) is 11.9 Å². The molecule has 0 saturated carbocycles. The molecule has 0 aromatic carbocycles. The molecule has 0 atom stereocenters. The molecule has 86 valence electrons. The van der Waals surface area contributed by atoms with E-state index in [0.29, 0.717) is 21.4 Å². The number of aromatic nitrogens is 4. The van der Waals surface area contributed by atoms with Crippen LogP contribution >= 0.6 is 11.3 Å². The highest BCUT2D eigenvalue weighted by Gasteiger charge is 2.14. The van der Waals surface area contributed by atoms with E-state index in [1.807, 2.05) is 0 Å². The summed E-state index contributed by atoms with van der Waals surface area (Å²) in [7, 11) is 0. The van der Waals surface area contributed by atoms with Crippen molar-refractivity contribution in [3.8, 4) is 10.6 Å². The quantitative estimate of drug-likeness (QED) is 0.890. The van der Waals surface area contributed by atoms with Gasteiger partial charge in [0.15, 0.2) is 5.01 Å². The van der Waals surface area contributed by atoms with Gasteiger partial charge in [0, 0.05) is 5.69 Å². The van der Waals surface area contributed by atoms with E-state index in [9.17, 15) is 8.78 Å². The lowest BCUT2D eigenvalue weighted by Gasteiger charge is -2.02. The van der Waals surface area contributed by atoms with Gasteiger partial charge in [-0.3, -0.25) is 4.68 Å². The average Bonchev–Trinajstić information content (AvgIpc) is 2.74. The molecule has 2 aromatic heterocycles. The zero-order valence-corrected chi connectivity index (χ0v) is 9.21. The van der Waals surface area contributed by atoms with Crippen LogP contribution in [-0.2, 0) is 6.54 Å². The fraction of sp³-hybridized carbons (Fsp3) is 0.375. The van der Waals surface area contributed by atoms with E-state index in [2.05, 4.69) is 15.3 Å². The number of hydrogen-bond donors (Lipinski definition) is 1. The van der Waals surface area contributed by atoms with Crippen LogP contribution in [0.3, 0.4) is 0 Å². The standard InChI is InChI=1S/C8H9F2N5S/c1-4-5(7-13-14-8(11)16-7)2-12-15(4)3-6(9)10/h2,6H,3H2,1H3,(H2,11,14). The number of nitrogens with zero attached hydrogens (tertiary/aromatic N) is 4. The molecule has 2 rings (SSSR count). The first-order valence-electron chi connectivity index (χ1n) is 4.48. The van der Waals surface area contributed by atoms with Gasteiger partial charge in [-0.2, -0.15) is 5.10 Å².